The Morgan fingerprint density at radius 1 is 0.357 bits per heavy atom. The number of allylic oxidation sites excluding steroid dienone is 10. The molecule has 0 saturated carbocycles. The van der Waals surface area contributed by atoms with Gasteiger partial charge in [-0.2, -0.15) is 9.15 Å². The van der Waals surface area contributed by atoms with Crippen molar-refractivity contribution in [3.05, 3.63) is 300 Å². The highest BCUT2D eigenvalue weighted by Crippen LogP contribution is 2.55. The number of anilines is 2. The van der Waals surface area contributed by atoms with Crippen LogP contribution in [0.5, 0.6) is 0 Å². The van der Waals surface area contributed by atoms with E-state index in [1.165, 1.54) is 122 Å². The van der Waals surface area contributed by atoms with Gasteiger partial charge < -0.3 is 9.80 Å². The first-order valence-electron chi connectivity index (χ1n) is 30.1. The second kappa shape index (κ2) is 20.3. The molecule has 10 aromatic rings. The van der Waals surface area contributed by atoms with E-state index < -0.39 is 0 Å². The smallest absolute Gasteiger partial charge is 0.210 e. The van der Waals surface area contributed by atoms with Crippen LogP contribution in [0.1, 0.15) is 73.9 Å². The van der Waals surface area contributed by atoms with Crippen LogP contribution >= 0.6 is 0 Å². The van der Waals surface area contributed by atoms with Gasteiger partial charge in [0.1, 0.15) is 14.1 Å². The normalized spacial score (nSPS) is 22.9. The summed E-state index contributed by atoms with van der Waals surface area (Å²) in [5.74, 6) is 0. The lowest BCUT2D eigenvalue weighted by Crippen LogP contribution is -2.33. The van der Waals surface area contributed by atoms with Crippen molar-refractivity contribution >= 4 is 77.3 Å². The summed E-state index contributed by atoms with van der Waals surface area (Å²) in [6.07, 6.45) is 22.8. The summed E-state index contributed by atoms with van der Waals surface area (Å²) in [5.41, 5.74) is 17.4. The van der Waals surface area contributed by atoms with E-state index in [1.807, 2.05) is 0 Å². The lowest BCUT2D eigenvalue weighted by Gasteiger charge is -2.30. The van der Waals surface area contributed by atoms with E-state index in [1.54, 1.807) is 0 Å². The van der Waals surface area contributed by atoms with Crippen LogP contribution < -0.4 is 9.80 Å². The number of rotatable bonds is 12. The van der Waals surface area contributed by atoms with Gasteiger partial charge in [-0.15, -0.1) is 0 Å². The van der Waals surface area contributed by atoms with Gasteiger partial charge in [0, 0.05) is 83.1 Å². The number of hydrogen-bond donors (Lipinski definition) is 0. The molecule has 0 spiro atoms. The first-order valence-corrected chi connectivity index (χ1v) is 30.1. The Balaban J connectivity index is 0.836. The van der Waals surface area contributed by atoms with Crippen molar-refractivity contribution in [3.63, 3.8) is 0 Å². The zero-order chi connectivity index (χ0) is 57.5. The molecule has 0 radical (unpaired) electrons. The van der Waals surface area contributed by atoms with Crippen molar-refractivity contribution < 1.29 is 9.15 Å². The van der Waals surface area contributed by atoms with Crippen molar-refractivity contribution in [3.8, 4) is 0 Å². The summed E-state index contributed by atoms with van der Waals surface area (Å²) >= 11 is 0. The molecule has 84 heavy (non-hydrogen) atoms. The number of nitrogens with zero attached hydrogens (tertiary/aromatic N) is 4. The minimum Gasteiger partial charge on any atom is -0.347 e. The molecule has 4 aliphatic heterocycles. The fraction of sp³-hybridized carbons (Fsp3) is 0.200. The third-order valence-corrected chi connectivity index (χ3v) is 20.0. The first-order chi connectivity index (χ1) is 40.8. The summed E-state index contributed by atoms with van der Waals surface area (Å²) in [4.78, 5) is 4.92. The second-order valence-electron chi connectivity index (χ2n) is 25.1. The summed E-state index contributed by atoms with van der Waals surface area (Å²) in [6, 6.07) is 76.4. The largest absolute Gasteiger partial charge is 0.347 e. The fourth-order valence-electron chi connectivity index (χ4n) is 16.1. The van der Waals surface area contributed by atoms with E-state index in [0.717, 1.165) is 25.7 Å². The van der Waals surface area contributed by atoms with Gasteiger partial charge in [-0.1, -0.05) is 194 Å². The maximum Gasteiger partial charge on any atom is 0.210 e. The average molecular weight is 1090 g/mol. The van der Waals surface area contributed by atoms with Gasteiger partial charge in [0.15, 0.2) is 11.4 Å². The number of likely N-dealkylation sites (N-methyl/N-ethyl adjacent to an activating group) is 2. The molecular formula is C80H74N4+2. The highest BCUT2D eigenvalue weighted by molar-refractivity contribution is 6.10. The molecule has 0 N–H and O–H groups in total. The summed E-state index contributed by atoms with van der Waals surface area (Å²) in [5, 5.41) is 10.4. The minimum atomic E-state index is -0.330. The quantitative estimate of drug-likeness (QED) is 0.0893. The summed E-state index contributed by atoms with van der Waals surface area (Å²) in [6.45, 7) is 9.88. The summed E-state index contributed by atoms with van der Waals surface area (Å²) in [7, 11) is 9.06. The number of benzene rings is 10. The lowest BCUT2D eigenvalue weighted by atomic mass is 9.72. The van der Waals surface area contributed by atoms with Crippen molar-refractivity contribution in [1.29, 1.82) is 0 Å². The monoisotopic (exact) mass is 1090 g/mol. The van der Waals surface area contributed by atoms with Crippen LogP contribution in [0.4, 0.5) is 22.7 Å². The molecule has 0 saturated heterocycles. The van der Waals surface area contributed by atoms with Crippen molar-refractivity contribution in [2.75, 3.05) is 38.0 Å². The minimum absolute atomic E-state index is 0.263. The van der Waals surface area contributed by atoms with Crippen molar-refractivity contribution in [1.82, 2.24) is 0 Å². The Bertz CT molecular complexity index is 4260. The van der Waals surface area contributed by atoms with Crippen LogP contribution in [-0.2, 0) is 34.5 Å². The molecule has 10 aromatic carbocycles. The molecule has 4 atom stereocenters. The van der Waals surface area contributed by atoms with E-state index in [0.29, 0.717) is 0 Å². The topological polar surface area (TPSA) is 12.5 Å². The van der Waals surface area contributed by atoms with Gasteiger partial charge in [0.2, 0.25) is 11.4 Å². The molecule has 0 fully saturated rings. The van der Waals surface area contributed by atoms with Crippen molar-refractivity contribution in [2.24, 2.45) is 0 Å². The van der Waals surface area contributed by atoms with Gasteiger partial charge in [0.05, 0.1) is 10.8 Å². The molecular weight excluding hydrogens is 1020 g/mol. The van der Waals surface area contributed by atoms with E-state index in [2.05, 4.69) is 330 Å². The fourth-order valence-corrected chi connectivity index (χ4v) is 16.1. The highest BCUT2D eigenvalue weighted by Gasteiger charge is 2.50. The molecule has 4 aliphatic rings. The predicted molar refractivity (Wildman–Crippen MR) is 357 cm³/mol. The predicted octanol–water partition coefficient (Wildman–Crippen LogP) is 18.5. The maximum absolute atomic E-state index is 2.50. The van der Waals surface area contributed by atoms with Crippen LogP contribution in [0, 0.1) is 0 Å². The van der Waals surface area contributed by atoms with Gasteiger partial charge >= 0.3 is 0 Å². The van der Waals surface area contributed by atoms with Crippen LogP contribution in [0.25, 0.3) is 43.1 Å². The van der Waals surface area contributed by atoms with Gasteiger partial charge in [-0.3, -0.25) is 0 Å². The Morgan fingerprint density at radius 3 is 1.05 bits per heavy atom. The Morgan fingerprint density at radius 2 is 0.679 bits per heavy atom. The molecule has 0 aromatic heterocycles. The molecule has 4 heteroatoms. The SMILES string of the molecule is CN1/C(=C/C=C/C2=[N+](C)c3ccc4ccccc4c3C2(C)Cc2ccccc2)C(C)(C/C=C\CC2(C)/C(=C\C=C\C3=[N+](C)c4ccc5ccccc5c4C3(C)Cc3ccccc3)N(C)c3ccc4ccccc4c32)c2c1ccc1ccccc21. The molecule has 0 aliphatic carbocycles. The maximum atomic E-state index is 2.50. The van der Waals surface area contributed by atoms with E-state index in [9.17, 15) is 0 Å². The van der Waals surface area contributed by atoms with E-state index >= 15 is 0 Å². The molecule has 412 valence electrons. The zero-order valence-electron chi connectivity index (χ0n) is 49.9. The van der Waals surface area contributed by atoms with E-state index in [4.69, 9.17) is 0 Å². The van der Waals surface area contributed by atoms with E-state index in [-0.39, 0.29) is 21.7 Å². The lowest BCUT2D eigenvalue weighted by molar-refractivity contribution is -0.401. The van der Waals surface area contributed by atoms with Crippen LogP contribution in [0.2, 0.25) is 0 Å². The standard InChI is InChI=1S/C80H74N4/c1-77(69(81(5)65-47-43-57-31-15-19-35-61(57)73(65)77)39-25-41-71-79(3,53-55-27-11-9-12-28-55)75-63-37-21-17-33-59(63)45-49-67(75)83(71)7)51-23-24-52-78(2)70(82(6)66-48-44-58-32-16-20-36-62(58)74(66)78)40-26-42-72-80(4,54-56-29-13-10-14-30-56)76-64-38-22-18-34-60(64)46-50-68(76)84(72)8/h9-50H,51-54H2,1-8H3/q+2/b24-23-. The zero-order valence-corrected chi connectivity index (χ0v) is 49.9. The molecule has 14 rings (SSSR count). The molecule has 4 unspecified atom stereocenters. The number of hydrogen-bond acceptors (Lipinski definition) is 2. The first kappa shape index (κ1) is 52.9. The van der Waals surface area contributed by atoms with Crippen LogP contribution in [0.3, 0.4) is 0 Å². The summed E-state index contributed by atoms with van der Waals surface area (Å²) < 4.78 is 4.89. The molecule has 4 heterocycles. The van der Waals surface area contributed by atoms with Crippen molar-refractivity contribution in [2.45, 2.75) is 75.0 Å². The Kier molecular flexibility index (Phi) is 12.8. The second-order valence-corrected chi connectivity index (χ2v) is 25.1. The van der Waals surface area contributed by atoms with Gasteiger partial charge in [-0.25, -0.2) is 0 Å². The molecule has 4 nitrogen and oxygen atoms in total. The Labute approximate surface area is 496 Å². The number of fused-ring (bicyclic) bond motifs is 12. The molecule has 0 amide bonds. The average Bonchev–Trinajstić information content (AvgIpc) is 3.97. The highest BCUT2D eigenvalue weighted by atomic mass is 15.2. The third-order valence-electron chi connectivity index (χ3n) is 20.0. The van der Waals surface area contributed by atoms with Gasteiger partial charge in [0.25, 0.3) is 0 Å². The third kappa shape index (κ3) is 8.23. The van der Waals surface area contributed by atoms with Crippen LogP contribution in [-0.4, -0.2) is 48.8 Å². The molecule has 0 bridgehead atoms. The van der Waals surface area contributed by atoms with Gasteiger partial charge in [-0.05, 0) is 155 Å². The Hall–Kier alpha value is -9.12. The van der Waals surface area contributed by atoms with Crippen LogP contribution in [0.15, 0.2) is 266 Å².